The normalized spacial score (nSPS) is 12.1. The summed E-state index contributed by atoms with van der Waals surface area (Å²) in [5, 5.41) is 0. The molecule has 1 heterocycles. The van der Waals surface area contributed by atoms with Crippen molar-refractivity contribution in [1.82, 2.24) is 9.55 Å². The van der Waals surface area contributed by atoms with E-state index in [1.807, 2.05) is 0 Å². The second-order valence-corrected chi connectivity index (χ2v) is 4.77. The first-order valence-corrected chi connectivity index (χ1v) is 5.75. The number of benzene rings is 1. The molecule has 1 aromatic heterocycles. The maximum Gasteiger partial charge on any atom is 0.438 e. The molecule has 18 heavy (non-hydrogen) atoms. The monoisotopic (exact) mass is 320 g/mol. The van der Waals surface area contributed by atoms with Crippen LogP contribution < -0.4 is 5.56 Å². The summed E-state index contributed by atoms with van der Waals surface area (Å²) in [5.41, 5.74) is -1.29. The summed E-state index contributed by atoms with van der Waals surface area (Å²) in [4.78, 5) is 15.0. The van der Waals surface area contributed by atoms with Gasteiger partial charge in [-0.05, 0) is 24.6 Å². The molecule has 1 aromatic carbocycles. The van der Waals surface area contributed by atoms with Gasteiger partial charge in [-0.15, -0.1) is 0 Å². The van der Waals surface area contributed by atoms with Crippen LogP contribution in [0.5, 0.6) is 0 Å². The number of rotatable bonds is 0. The third kappa shape index (κ3) is 2.03. The molecule has 0 amide bonds. The Morgan fingerprint density at radius 3 is 2.50 bits per heavy atom. The molecule has 0 unspecified atom stereocenters. The fourth-order valence-electron chi connectivity index (χ4n) is 1.64. The molecule has 0 radical (unpaired) electrons. The summed E-state index contributed by atoms with van der Waals surface area (Å²) in [6.07, 6.45) is -4.75. The van der Waals surface area contributed by atoms with Crippen LogP contribution in [-0.4, -0.2) is 9.55 Å². The van der Waals surface area contributed by atoms with Gasteiger partial charge in [-0.2, -0.15) is 13.2 Å². The Kier molecular flexibility index (Phi) is 2.96. The van der Waals surface area contributed by atoms with Gasteiger partial charge in [0.1, 0.15) is 0 Å². The highest BCUT2D eigenvalue weighted by Crippen LogP contribution is 2.27. The number of hydrogen-bond acceptors (Lipinski definition) is 2. The zero-order chi connectivity index (χ0) is 13.7. The average Bonchev–Trinajstić information content (AvgIpc) is 2.25. The van der Waals surface area contributed by atoms with Crippen LogP contribution >= 0.6 is 15.9 Å². The minimum absolute atomic E-state index is 0.144. The highest BCUT2D eigenvalue weighted by atomic mass is 79.9. The molecule has 2 rings (SSSR count). The quantitative estimate of drug-likeness (QED) is 0.748. The van der Waals surface area contributed by atoms with E-state index in [2.05, 4.69) is 20.9 Å². The van der Waals surface area contributed by atoms with Crippen molar-refractivity contribution in [2.24, 2.45) is 7.05 Å². The molecule has 2 aromatic rings. The van der Waals surface area contributed by atoms with E-state index in [9.17, 15) is 18.0 Å². The van der Waals surface area contributed by atoms with Crippen LogP contribution in [0.4, 0.5) is 13.2 Å². The Bertz CT molecular complexity index is 691. The number of hydrogen-bond donors (Lipinski definition) is 0. The van der Waals surface area contributed by atoms with Gasteiger partial charge in [-0.3, -0.25) is 4.79 Å². The Hall–Kier alpha value is -1.37. The zero-order valence-electron chi connectivity index (χ0n) is 9.47. The maximum atomic E-state index is 12.7. The summed E-state index contributed by atoms with van der Waals surface area (Å²) < 4.78 is 39.6. The smallest absolute Gasteiger partial charge is 0.308 e. The number of alkyl halides is 3. The summed E-state index contributed by atoms with van der Waals surface area (Å²) in [6.45, 7) is 1.74. The summed E-state index contributed by atoms with van der Waals surface area (Å²) >= 11 is 3.27. The van der Waals surface area contributed by atoms with Crippen molar-refractivity contribution in [2.45, 2.75) is 13.1 Å². The molecule has 3 nitrogen and oxygen atoms in total. The lowest BCUT2D eigenvalue weighted by Gasteiger charge is -2.11. The predicted molar refractivity (Wildman–Crippen MR) is 64.4 cm³/mol. The second-order valence-electron chi connectivity index (χ2n) is 3.91. The highest BCUT2D eigenvalue weighted by molar-refractivity contribution is 9.10. The minimum Gasteiger partial charge on any atom is -0.308 e. The first-order valence-electron chi connectivity index (χ1n) is 4.96. The Balaban J connectivity index is 2.93. The molecule has 0 atom stereocenters. The lowest BCUT2D eigenvalue weighted by molar-refractivity contribution is -0.142. The van der Waals surface area contributed by atoms with Crippen LogP contribution in [0.15, 0.2) is 21.4 Å². The fourth-order valence-corrected chi connectivity index (χ4v) is 1.97. The van der Waals surface area contributed by atoms with Crippen molar-refractivity contribution in [1.29, 1.82) is 0 Å². The van der Waals surface area contributed by atoms with Crippen molar-refractivity contribution >= 4 is 27.0 Å². The van der Waals surface area contributed by atoms with Gasteiger partial charge in [0.2, 0.25) is 5.69 Å². The van der Waals surface area contributed by atoms with Crippen LogP contribution in [0.1, 0.15) is 11.3 Å². The molecule has 0 aliphatic rings. The molecule has 0 saturated heterocycles. The van der Waals surface area contributed by atoms with Gasteiger partial charge in [0.05, 0.1) is 11.0 Å². The fraction of sp³-hybridized carbons (Fsp3) is 0.273. The van der Waals surface area contributed by atoms with Gasteiger partial charge in [0, 0.05) is 11.5 Å². The maximum absolute atomic E-state index is 12.7. The van der Waals surface area contributed by atoms with Gasteiger partial charge in [-0.1, -0.05) is 15.9 Å². The molecule has 0 saturated carbocycles. The summed E-state index contributed by atoms with van der Waals surface area (Å²) in [5.74, 6) is 0. The second kappa shape index (κ2) is 4.08. The van der Waals surface area contributed by atoms with Gasteiger partial charge < -0.3 is 4.57 Å². The molecular weight excluding hydrogens is 313 g/mol. The Labute approximate surface area is 108 Å². The number of halogens is 4. The van der Waals surface area contributed by atoms with E-state index in [-0.39, 0.29) is 5.52 Å². The van der Waals surface area contributed by atoms with E-state index in [4.69, 9.17) is 0 Å². The zero-order valence-corrected chi connectivity index (χ0v) is 11.1. The van der Waals surface area contributed by atoms with Crippen molar-refractivity contribution < 1.29 is 13.2 Å². The summed E-state index contributed by atoms with van der Waals surface area (Å²) in [6, 6.07) is 3.09. The molecule has 0 fully saturated rings. The molecule has 0 N–H and O–H groups in total. The average molecular weight is 321 g/mol. The van der Waals surface area contributed by atoms with Crippen LogP contribution in [0.3, 0.4) is 0 Å². The first-order chi connectivity index (χ1) is 8.21. The first kappa shape index (κ1) is 13.1. The highest BCUT2D eigenvalue weighted by Gasteiger charge is 2.37. The van der Waals surface area contributed by atoms with E-state index >= 15 is 0 Å². The van der Waals surface area contributed by atoms with Crippen molar-refractivity contribution in [3.63, 3.8) is 0 Å². The van der Waals surface area contributed by atoms with Gasteiger partial charge >= 0.3 is 6.18 Å². The van der Waals surface area contributed by atoms with Crippen LogP contribution in [0.25, 0.3) is 11.0 Å². The van der Waals surface area contributed by atoms with E-state index in [0.29, 0.717) is 9.99 Å². The molecule has 0 bridgehead atoms. The minimum atomic E-state index is -4.75. The van der Waals surface area contributed by atoms with Crippen molar-refractivity contribution in [3.05, 3.63) is 38.2 Å². The molecule has 0 aliphatic heterocycles. The van der Waals surface area contributed by atoms with Crippen LogP contribution in [0.2, 0.25) is 0 Å². The van der Waals surface area contributed by atoms with E-state index in [0.717, 1.165) is 10.1 Å². The van der Waals surface area contributed by atoms with Crippen LogP contribution in [-0.2, 0) is 13.2 Å². The number of nitrogens with zero attached hydrogens (tertiary/aromatic N) is 2. The van der Waals surface area contributed by atoms with Gasteiger partial charge in [0.25, 0.3) is 5.56 Å². The van der Waals surface area contributed by atoms with E-state index in [1.54, 1.807) is 13.0 Å². The van der Waals surface area contributed by atoms with Gasteiger partial charge in [-0.25, -0.2) is 4.98 Å². The van der Waals surface area contributed by atoms with Crippen molar-refractivity contribution in [2.75, 3.05) is 0 Å². The third-order valence-corrected chi connectivity index (χ3v) is 3.48. The lowest BCUT2D eigenvalue weighted by Crippen LogP contribution is -2.29. The van der Waals surface area contributed by atoms with Crippen molar-refractivity contribution in [3.8, 4) is 0 Å². The molecule has 96 valence electrons. The van der Waals surface area contributed by atoms with E-state index < -0.39 is 17.4 Å². The van der Waals surface area contributed by atoms with Gasteiger partial charge in [0.15, 0.2) is 0 Å². The molecule has 0 spiro atoms. The molecule has 7 heteroatoms. The Morgan fingerprint density at radius 2 is 1.94 bits per heavy atom. The topological polar surface area (TPSA) is 34.9 Å². The third-order valence-electron chi connectivity index (χ3n) is 2.63. The van der Waals surface area contributed by atoms with E-state index in [1.165, 1.54) is 13.1 Å². The Morgan fingerprint density at radius 1 is 1.33 bits per heavy atom. The predicted octanol–water partition coefficient (Wildman–Crippen LogP) is 3.02. The summed E-state index contributed by atoms with van der Waals surface area (Å²) in [7, 11) is 1.30. The lowest BCUT2D eigenvalue weighted by atomic mass is 10.2. The molecule has 0 aliphatic carbocycles. The SMILES string of the molecule is Cc1cc2nc(C(F)(F)F)c(=O)n(C)c2cc1Br. The number of fused-ring (bicyclic) bond motifs is 1. The van der Waals surface area contributed by atoms with Crippen LogP contribution in [0, 0.1) is 6.92 Å². The number of aryl methyl sites for hydroxylation is 2. The largest absolute Gasteiger partial charge is 0.438 e. The number of aromatic nitrogens is 2. The standard InChI is InChI=1S/C11H8BrF3N2O/c1-5-3-7-8(4-6(5)12)17(2)10(18)9(16-7)11(13,14)15/h3-4H,1-2H3. The molecular formula is C11H8BrF3N2O.